The molecule has 1 N–H and O–H groups in total. The van der Waals surface area contributed by atoms with E-state index in [1.807, 2.05) is 66.7 Å². The van der Waals surface area contributed by atoms with Crippen molar-refractivity contribution in [3.05, 3.63) is 82.9 Å². The minimum Gasteiger partial charge on any atom is -0.489 e. The van der Waals surface area contributed by atoms with Gasteiger partial charge in [-0.25, -0.2) is 0 Å². The normalized spacial score (nSPS) is 12.5. The molecular weight excluding hydrogens is 362 g/mol. The summed E-state index contributed by atoms with van der Waals surface area (Å²) >= 11 is 6.19. The average molecular weight is 382 g/mol. The van der Waals surface area contributed by atoms with Crippen LogP contribution in [0, 0.1) is 0 Å². The molecule has 27 heavy (non-hydrogen) atoms. The van der Waals surface area contributed by atoms with Crippen molar-refractivity contribution in [3.63, 3.8) is 0 Å². The first-order valence-corrected chi connectivity index (χ1v) is 9.24. The Morgan fingerprint density at radius 2 is 1.70 bits per heavy atom. The Labute approximate surface area is 163 Å². The zero-order chi connectivity index (χ0) is 18.5. The molecule has 4 nitrogen and oxygen atoms in total. The number of benzene rings is 3. The van der Waals surface area contributed by atoms with Gasteiger partial charge in [0, 0.05) is 28.9 Å². The van der Waals surface area contributed by atoms with Crippen molar-refractivity contribution in [2.24, 2.45) is 0 Å². The Bertz CT molecular complexity index is 915. The highest BCUT2D eigenvalue weighted by atomic mass is 35.5. The molecule has 1 heterocycles. The minimum absolute atomic E-state index is 0.513. The van der Waals surface area contributed by atoms with Gasteiger partial charge in [0.15, 0.2) is 11.5 Å². The summed E-state index contributed by atoms with van der Waals surface area (Å²) in [5, 5.41) is 4.08. The summed E-state index contributed by atoms with van der Waals surface area (Å²) < 4.78 is 17.2. The molecule has 0 unspecified atom stereocenters. The van der Waals surface area contributed by atoms with Crippen LogP contribution in [0.15, 0.2) is 66.7 Å². The van der Waals surface area contributed by atoms with E-state index in [-0.39, 0.29) is 0 Å². The van der Waals surface area contributed by atoms with Gasteiger partial charge in [-0.3, -0.25) is 0 Å². The number of anilines is 1. The molecule has 0 fully saturated rings. The van der Waals surface area contributed by atoms with Gasteiger partial charge in [0.2, 0.25) is 0 Å². The number of halogens is 1. The lowest BCUT2D eigenvalue weighted by atomic mass is 10.2. The van der Waals surface area contributed by atoms with Crippen molar-refractivity contribution >= 4 is 17.3 Å². The largest absolute Gasteiger partial charge is 0.489 e. The van der Waals surface area contributed by atoms with E-state index in [0.29, 0.717) is 31.4 Å². The standard InChI is InChI=1S/C22H20ClNO3/c23-18-6-8-20(27-15-16-4-2-1-3-5-16)17(12-18)14-24-19-7-9-21-22(13-19)26-11-10-25-21/h1-9,12-13,24H,10-11,14-15H2. The maximum absolute atomic E-state index is 6.19. The fourth-order valence-electron chi connectivity index (χ4n) is 2.91. The van der Waals surface area contributed by atoms with Gasteiger partial charge in [-0.05, 0) is 35.9 Å². The van der Waals surface area contributed by atoms with E-state index in [1.165, 1.54) is 0 Å². The van der Waals surface area contributed by atoms with Crippen molar-refractivity contribution in [2.75, 3.05) is 18.5 Å². The van der Waals surface area contributed by atoms with Crippen molar-refractivity contribution in [1.82, 2.24) is 0 Å². The van der Waals surface area contributed by atoms with Crippen LogP contribution in [0.5, 0.6) is 17.2 Å². The maximum Gasteiger partial charge on any atom is 0.163 e. The van der Waals surface area contributed by atoms with E-state index < -0.39 is 0 Å². The summed E-state index contributed by atoms with van der Waals surface area (Å²) in [5.41, 5.74) is 3.07. The number of fused-ring (bicyclic) bond motifs is 1. The summed E-state index contributed by atoms with van der Waals surface area (Å²) in [6, 6.07) is 21.6. The molecule has 3 aromatic carbocycles. The van der Waals surface area contributed by atoms with Crippen LogP contribution in [0.25, 0.3) is 0 Å². The van der Waals surface area contributed by atoms with E-state index in [9.17, 15) is 0 Å². The third-order valence-electron chi connectivity index (χ3n) is 4.28. The molecule has 0 bridgehead atoms. The molecule has 0 radical (unpaired) electrons. The lowest BCUT2D eigenvalue weighted by Crippen LogP contribution is -2.15. The fraction of sp³-hybridized carbons (Fsp3) is 0.182. The zero-order valence-corrected chi connectivity index (χ0v) is 15.5. The third-order valence-corrected chi connectivity index (χ3v) is 4.52. The Kier molecular flexibility index (Phi) is 5.35. The van der Waals surface area contributed by atoms with Gasteiger partial charge in [-0.2, -0.15) is 0 Å². The first-order chi connectivity index (χ1) is 13.3. The molecule has 0 atom stereocenters. The van der Waals surface area contributed by atoms with E-state index in [0.717, 1.165) is 34.1 Å². The smallest absolute Gasteiger partial charge is 0.163 e. The molecule has 0 saturated carbocycles. The number of hydrogen-bond donors (Lipinski definition) is 1. The van der Waals surface area contributed by atoms with Crippen molar-refractivity contribution in [3.8, 4) is 17.2 Å². The van der Waals surface area contributed by atoms with Crippen LogP contribution >= 0.6 is 11.6 Å². The van der Waals surface area contributed by atoms with Gasteiger partial charge < -0.3 is 19.5 Å². The van der Waals surface area contributed by atoms with Crippen LogP contribution < -0.4 is 19.5 Å². The highest BCUT2D eigenvalue weighted by Gasteiger charge is 2.12. The number of ether oxygens (including phenoxy) is 3. The molecule has 0 amide bonds. The molecule has 0 spiro atoms. The predicted octanol–water partition coefficient (Wildman–Crippen LogP) is 5.30. The van der Waals surface area contributed by atoms with Crippen LogP contribution in [0.2, 0.25) is 5.02 Å². The van der Waals surface area contributed by atoms with Crippen molar-refractivity contribution < 1.29 is 14.2 Å². The summed E-state index contributed by atoms with van der Waals surface area (Å²) in [6.45, 7) is 2.26. The van der Waals surface area contributed by atoms with Gasteiger partial charge >= 0.3 is 0 Å². The molecule has 0 aliphatic carbocycles. The van der Waals surface area contributed by atoms with E-state index in [2.05, 4.69) is 5.32 Å². The Morgan fingerprint density at radius 1 is 0.889 bits per heavy atom. The summed E-state index contributed by atoms with van der Waals surface area (Å²) in [7, 11) is 0. The minimum atomic E-state index is 0.513. The molecule has 1 aliphatic rings. The van der Waals surface area contributed by atoms with Gasteiger partial charge in [0.05, 0.1) is 0 Å². The quantitative estimate of drug-likeness (QED) is 0.628. The fourth-order valence-corrected chi connectivity index (χ4v) is 3.11. The molecular formula is C22H20ClNO3. The predicted molar refractivity (Wildman–Crippen MR) is 107 cm³/mol. The van der Waals surface area contributed by atoms with Crippen molar-refractivity contribution in [1.29, 1.82) is 0 Å². The summed E-state index contributed by atoms with van der Waals surface area (Å²) in [4.78, 5) is 0. The zero-order valence-electron chi connectivity index (χ0n) is 14.8. The first-order valence-electron chi connectivity index (χ1n) is 8.86. The van der Waals surface area contributed by atoms with Gasteiger partial charge in [-0.1, -0.05) is 41.9 Å². The summed E-state index contributed by atoms with van der Waals surface area (Å²) in [5.74, 6) is 2.35. The van der Waals surface area contributed by atoms with Crippen LogP contribution in [-0.2, 0) is 13.2 Å². The topological polar surface area (TPSA) is 39.7 Å². The van der Waals surface area contributed by atoms with E-state index in [1.54, 1.807) is 0 Å². The molecule has 138 valence electrons. The highest BCUT2D eigenvalue weighted by molar-refractivity contribution is 6.30. The molecule has 3 aromatic rings. The second kappa shape index (κ2) is 8.23. The van der Waals surface area contributed by atoms with Gasteiger partial charge in [0.1, 0.15) is 25.6 Å². The Morgan fingerprint density at radius 3 is 2.56 bits per heavy atom. The maximum atomic E-state index is 6.19. The third kappa shape index (κ3) is 4.47. The Balaban J connectivity index is 1.45. The van der Waals surface area contributed by atoms with Crippen LogP contribution in [0.3, 0.4) is 0 Å². The first kappa shape index (κ1) is 17.6. The number of rotatable bonds is 6. The van der Waals surface area contributed by atoms with Gasteiger partial charge in [0.25, 0.3) is 0 Å². The highest BCUT2D eigenvalue weighted by Crippen LogP contribution is 2.33. The molecule has 0 saturated heterocycles. The number of hydrogen-bond acceptors (Lipinski definition) is 4. The lowest BCUT2D eigenvalue weighted by Gasteiger charge is -2.19. The van der Waals surface area contributed by atoms with E-state index in [4.69, 9.17) is 25.8 Å². The monoisotopic (exact) mass is 381 g/mol. The SMILES string of the molecule is Clc1ccc(OCc2ccccc2)c(CNc2ccc3c(c2)OCCO3)c1. The average Bonchev–Trinajstić information content (AvgIpc) is 2.72. The van der Waals surface area contributed by atoms with Crippen LogP contribution in [0.4, 0.5) is 5.69 Å². The molecule has 0 aromatic heterocycles. The van der Waals surface area contributed by atoms with Crippen molar-refractivity contribution in [2.45, 2.75) is 13.2 Å². The second-order valence-corrected chi connectivity index (χ2v) is 6.67. The van der Waals surface area contributed by atoms with Gasteiger partial charge in [-0.15, -0.1) is 0 Å². The second-order valence-electron chi connectivity index (χ2n) is 6.24. The van der Waals surface area contributed by atoms with E-state index >= 15 is 0 Å². The number of nitrogens with one attached hydrogen (secondary N) is 1. The van der Waals surface area contributed by atoms with Crippen LogP contribution in [0.1, 0.15) is 11.1 Å². The molecule has 4 rings (SSSR count). The molecule has 5 heteroatoms. The van der Waals surface area contributed by atoms with Crippen LogP contribution in [-0.4, -0.2) is 13.2 Å². The Hall–Kier alpha value is -2.85. The molecule has 1 aliphatic heterocycles. The lowest BCUT2D eigenvalue weighted by molar-refractivity contribution is 0.171. The summed E-state index contributed by atoms with van der Waals surface area (Å²) in [6.07, 6.45) is 0.